The number of benzene rings is 1. The lowest BCUT2D eigenvalue weighted by Crippen LogP contribution is -2.37. The molecule has 1 aromatic carbocycles. The van der Waals surface area contributed by atoms with E-state index >= 15 is 0 Å². The SMILES string of the molecule is [N-]=[N+]=CC(=O)N1C(=O)c2ccccc2C1=O. The third-order valence-corrected chi connectivity index (χ3v) is 2.18. The van der Waals surface area contributed by atoms with E-state index < -0.39 is 17.7 Å². The van der Waals surface area contributed by atoms with E-state index in [0.29, 0.717) is 11.1 Å². The van der Waals surface area contributed by atoms with Gasteiger partial charge in [0.15, 0.2) is 0 Å². The van der Waals surface area contributed by atoms with Crippen LogP contribution < -0.4 is 0 Å². The van der Waals surface area contributed by atoms with Gasteiger partial charge in [0.25, 0.3) is 11.8 Å². The van der Waals surface area contributed by atoms with Crippen molar-refractivity contribution in [1.82, 2.24) is 4.90 Å². The minimum Gasteiger partial charge on any atom is -0.361 e. The largest absolute Gasteiger partial charge is 0.361 e. The van der Waals surface area contributed by atoms with E-state index in [0.717, 1.165) is 0 Å². The molecule has 6 nitrogen and oxygen atoms in total. The summed E-state index contributed by atoms with van der Waals surface area (Å²) in [7, 11) is 0. The van der Waals surface area contributed by atoms with Crippen molar-refractivity contribution in [2.45, 2.75) is 0 Å². The van der Waals surface area contributed by atoms with Crippen molar-refractivity contribution in [2.75, 3.05) is 0 Å². The minimum atomic E-state index is -0.964. The Morgan fingerprint density at radius 2 is 1.69 bits per heavy atom. The van der Waals surface area contributed by atoms with Gasteiger partial charge in [0.1, 0.15) is 0 Å². The summed E-state index contributed by atoms with van der Waals surface area (Å²) >= 11 is 0. The predicted octanol–water partition coefficient (Wildman–Crippen LogP) is 0.110. The van der Waals surface area contributed by atoms with Gasteiger partial charge in [-0.25, -0.2) is 4.90 Å². The molecule has 0 aromatic heterocycles. The Balaban J connectivity index is 2.50. The molecule has 0 aliphatic carbocycles. The van der Waals surface area contributed by atoms with Crippen LogP contribution in [0.3, 0.4) is 0 Å². The fourth-order valence-electron chi connectivity index (χ4n) is 1.50. The minimum absolute atomic E-state index is 0.173. The molecule has 0 saturated carbocycles. The fraction of sp³-hybridized carbons (Fsp3) is 0. The third-order valence-electron chi connectivity index (χ3n) is 2.18. The summed E-state index contributed by atoms with van der Waals surface area (Å²) in [5.41, 5.74) is 8.53. The summed E-state index contributed by atoms with van der Waals surface area (Å²) in [6.07, 6.45) is 0.502. The molecule has 16 heavy (non-hydrogen) atoms. The number of fused-ring (bicyclic) bond motifs is 1. The van der Waals surface area contributed by atoms with E-state index in [4.69, 9.17) is 5.53 Å². The van der Waals surface area contributed by atoms with Crippen LogP contribution in [0.15, 0.2) is 24.3 Å². The molecule has 0 atom stereocenters. The third kappa shape index (κ3) is 1.25. The number of nitrogens with zero attached hydrogens (tertiary/aromatic N) is 3. The molecule has 78 valence electrons. The Labute approximate surface area is 89.7 Å². The van der Waals surface area contributed by atoms with Gasteiger partial charge >= 0.3 is 12.1 Å². The van der Waals surface area contributed by atoms with Crippen LogP contribution in [0.2, 0.25) is 0 Å². The van der Waals surface area contributed by atoms with Gasteiger partial charge in [-0.2, -0.15) is 4.79 Å². The molecule has 2 rings (SSSR count). The molecule has 6 heteroatoms. The zero-order valence-corrected chi connectivity index (χ0v) is 7.95. The van der Waals surface area contributed by atoms with Crippen LogP contribution in [0, 0.1) is 0 Å². The van der Waals surface area contributed by atoms with Crippen molar-refractivity contribution < 1.29 is 19.2 Å². The number of carbonyl (C=O) groups is 3. The fourth-order valence-corrected chi connectivity index (χ4v) is 1.50. The second-order valence-corrected chi connectivity index (χ2v) is 3.07. The van der Waals surface area contributed by atoms with Crippen LogP contribution in [0.5, 0.6) is 0 Å². The molecular formula is C10H5N3O3. The highest BCUT2D eigenvalue weighted by molar-refractivity contribution is 6.39. The Hall–Kier alpha value is -2.59. The topological polar surface area (TPSA) is 90.8 Å². The van der Waals surface area contributed by atoms with Gasteiger partial charge in [0, 0.05) is 0 Å². The summed E-state index contributed by atoms with van der Waals surface area (Å²) in [6, 6.07) is 6.11. The molecule has 3 amide bonds. The zero-order valence-electron chi connectivity index (χ0n) is 7.95. The summed E-state index contributed by atoms with van der Waals surface area (Å²) in [5, 5.41) is 0. The van der Waals surface area contributed by atoms with Gasteiger partial charge < -0.3 is 5.53 Å². The highest BCUT2D eigenvalue weighted by Gasteiger charge is 2.40. The smallest absolute Gasteiger partial charge is 0.345 e. The van der Waals surface area contributed by atoms with Crippen molar-refractivity contribution in [2.24, 2.45) is 0 Å². The molecule has 0 saturated heterocycles. The maximum atomic E-state index is 11.7. The lowest BCUT2D eigenvalue weighted by Gasteiger charge is -2.04. The highest BCUT2D eigenvalue weighted by atomic mass is 16.2. The molecule has 1 aromatic rings. The molecule has 1 heterocycles. The number of amides is 3. The summed E-state index contributed by atoms with van der Waals surface area (Å²) in [5.74, 6) is -2.37. The quantitative estimate of drug-likeness (QED) is 0.288. The highest BCUT2D eigenvalue weighted by Crippen LogP contribution is 2.21. The summed E-state index contributed by atoms with van der Waals surface area (Å²) < 4.78 is 0. The molecule has 1 aliphatic heterocycles. The van der Waals surface area contributed by atoms with Gasteiger partial charge in [-0.1, -0.05) is 12.1 Å². The zero-order chi connectivity index (χ0) is 11.7. The van der Waals surface area contributed by atoms with Crippen LogP contribution in [0.4, 0.5) is 0 Å². The molecule has 0 N–H and O–H groups in total. The van der Waals surface area contributed by atoms with Crippen LogP contribution in [0.25, 0.3) is 5.53 Å². The van der Waals surface area contributed by atoms with Crippen molar-refractivity contribution in [3.05, 3.63) is 40.9 Å². The maximum absolute atomic E-state index is 11.7. The normalized spacial score (nSPS) is 13.4. The van der Waals surface area contributed by atoms with Crippen LogP contribution in [0.1, 0.15) is 20.7 Å². The van der Waals surface area contributed by atoms with E-state index in [9.17, 15) is 14.4 Å². The Kier molecular flexibility index (Phi) is 2.19. The van der Waals surface area contributed by atoms with Gasteiger partial charge in [-0.15, -0.1) is 0 Å². The molecule has 0 fully saturated rings. The second-order valence-electron chi connectivity index (χ2n) is 3.07. The second kappa shape index (κ2) is 3.52. The number of rotatable bonds is 1. The van der Waals surface area contributed by atoms with Crippen LogP contribution in [-0.2, 0) is 4.79 Å². The lowest BCUT2D eigenvalue weighted by molar-refractivity contribution is -0.122. The first kappa shape index (κ1) is 9.95. The van der Waals surface area contributed by atoms with Gasteiger partial charge in [-0.05, 0) is 12.1 Å². The molecule has 0 spiro atoms. The molecule has 0 bridgehead atoms. The predicted molar refractivity (Wildman–Crippen MR) is 51.6 cm³/mol. The van der Waals surface area contributed by atoms with E-state index in [1.807, 2.05) is 0 Å². The first-order valence-electron chi connectivity index (χ1n) is 4.36. The standard InChI is InChI=1S/C10H5N3O3/c11-12-5-8(14)13-9(15)6-3-1-2-4-7(6)10(13)16/h1-5H. The molecule has 1 aliphatic rings. The van der Waals surface area contributed by atoms with Crippen LogP contribution >= 0.6 is 0 Å². The first-order chi connectivity index (χ1) is 7.66. The molecule has 0 radical (unpaired) electrons. The Bertz CT molecular complexity index is 523. The van der Waals surface area contributed by atoms with Gasteiger partial charge in [-0.3, -0.25) is 14.4 Å². The first-order valence-corrected chi connectivity index (χ1v) is 4.36. The number of imide groups is 3. The maximum Gasteiger partial charge on any atom is 0.345 e. The van der Waals surface area contributed by atoms with Crippen molar-refractivity contribution >= 4 is 23.9 Å². The van der Waals surface area contributed by atoms with Crippen molar-refractivity contribution in [1.29, 1.82) is 0 Å². The lowest BCUT2D eigenvalue weighted by atomic mass is 10.1. The number of hydrogen-bond donors (Lipinski definition) is 0. The number of hydrogen-bond acceptors (Lipinski definition) is 3. The van der Waals surface area contributed by atoms with Gasteiger partial charge in [0.2, 0.25) is 0 Å². The Morgan fingerprint density at radius 1 is 1.19 bits per heavy atom. The van der Waals surface area contributed by atoms with Crippen LogP contribution in [-0.4, -0.2) is 33.6 Å². The van der Waals surface area contributed by atoms with Gasteiger partial charge in [0.05, 0.1) is 11.1 Å². The van der Waals surface area contributed by atoms with Crippen molar-refractivity contribution in [3.8, 4) is 0 Å². The average molecular weight is 215 g/mol. The van der Waals surface area contributed by atoms with E-state index in [1.54, 1.807) is 12.1 Å². The monoisotopic (exact) mass is 215 g/mol. The summed E-state index contributed by atoms with van der Waals surface area (Å²) in [4.78, 5) is 37.6. The average Bonchev–Trinajstić information content (AvgIpc) is 2.53. The number of carbonyl (C=O) groups excluding carboxylic acids is 3. The Morgan fingerprint density at radius 3 is 2.12 bits per heavy atom. The summed E-state index contributed by atoms with van der Waals surface area (Å²) in [6.45, 7) is 0. The molecule has 0 unspecified atom stereocenters. The van der Waals surface area contributed by atoms with Crippen molar-refractivity contribution in [3.63, 3.8) is 0 Å². The molecular weight excluding hydrogens is 210 g/mol. The van der Waals surface area contributed by atoms with E-state index in [-0.39, 0.29) is 11.1 Å². The van der Waals surface area contributed by atoms with E-state index in [2.05, 4.69) is 4.79 Å². The van der Waals surface area contributed by atoms with E-state index in [1.165, 1.54) is 12.1 Å².